The predicted octanol–water partition coefficient (Wildman–Crippen LogP) is 4.10. The number of benzene rings is 2. The highest BCUT2D eigenvalue weighted by atomic mass is 19.2. The second-order valence-electron chi connectivity index (χ2n) is 4.37. The number of nitro benzene ring substituents is 1. The molecule has 5 nitrogen and oxygen atoms in total. The molecular weight excluding hydrogens is 327 g/mol. The number of non-ortho nitro benzene ring substituents is 1. The first-order valence-electron chi connectivity index (χ1n) is 5.88. The average Bonchev–Trinajstić information content (AvgIpc) is 2.93. The summed E-state index contributed by atoms with van der Waals surface area (Å²) in [5.41, 5.74) is -2.01. The maximum atomic E-state index is 13.7. The molecule has 1 aromatic heterocycles. The fourth-order valence-corrected chi connectivity index (χ4v) is 1.93. The first kappa shape index (κ1) is 14.9. The Morgan fingerprint density at radius 2 is 1.52 bits per heavy atom. The topological polar surface area (TPSA) is 69.2 Å². The van der Waals surface area contributed by atoms with Gasteiger partial charge in [-0.1, -0.05) is 0 Å². The molecule has 0 fully saturated rings. The standard InChI is InChI=1S/C13H3F5N2O3/c14-8-7(9(15)11(17)12(18)10(8)16)13-19-5-3-4(20(21)22)1-2-6(5)23-13/h1-3H. The van der Waals surface area contributed by atoms with Crippen LogP contribution in [0.4, 0.5) is 27.6 Å². The smallest absolute Gasteiger partial charge is 0.271 e. The molecule has 3 rings (SSSR count). The Morgan fingerprint density at radius 1 is 0.957 bits per heavy atom. The molecule has 1 heterocycles. The zero-order chi connectivity index (χ0) is 16.9. The maximum Gasteiger partial charge on any atom is 0.271 e. The van der Waals surface area contributed by atoms with Crippen LogP contribution >= 0.6 is 0 Å². The van der Waals surface area contributed by atoms with Gasteiger partial charge >= 0.3 is 0 Å². The molecule has 0 bridgehead atoms. The van der Waals surface area contributed by atoms with Crippen molar-refractivity contribution in [2.24, 2.45) is 0 Å². The molecule has 23 heavy (non-hydrogen) atoms. The third kappa shape index (κ3) is 2.18. The minimum Gasteiger partial charge on any atom is -0.436 e. The fraction of sp³-hybridized carbons (Fsp3) is 0. The lowest BCUT2D eigenvalue weighted by atomic mass is 10.1. The number of hydrogen-bond donors (Lipinski definition) is 0. The van der Waals surface area contributed by atoms with Crippen LogP contribution in [0.1, 0.15) is 0 Å². The highest BCUT2D eigenvalue weighted by Crippen LogP contribution is 2.33. The molecular formula is C13H3F5N2O3. The second kappa shape index (κ2) is 5.00. The zero-order valence-electron chi connectivity index (χ0n) is 10.7. The van der Waals surface area contributed by atoms with E-state index in [9.17, 15) is 32.1 Å². The van der Waals surface area contributed by atoms with Crippen LogP contribution in [0.3, 0.4) is 0 Å². The van der Waals surface area contributed by atoms with E-state index in [1.54, 1.807) is 0 Å². The summed E-state index contributed by atoms with van der Waals surface area (Å²) in [6, 6.07) is 3.07. The van der Waals surface area contributed by atoms with Gasteiger partial charge in [0.2, 0.25) is 11.7 Å². The van der Waals surface area contributed by atoms with Gasteiger partial charge < -0.3 is 4.42 Å². The normalized spacial score (nSPS) is 11.2. The number of halogens is 5. The minimum atomic E-state index is -2.31. The van der Waals surface area contributed by atoms with Crippen molar-refractivity contribution in [3.8, 4) is 11.5 Å². The summed E-state index contributed by atoms with van der Waals surface area (Å²) in [5, 5.41) is 10.6. The third-order valence-electron chi connectivity index (χ3n) is 3.01. The monoisotopic (exact) mass is 330 g/mol. The van der Waals surface area contributed by atoms with Gasteiger partial charge in [-0.3, -0.25) is 10.1 Å². The van der Waals surface area contributed by atoms with Crippen molar-refractivity contribution in [2.75, 3.05) is 0 Å². The second-order valence-corrected chi connectivity index (χ2v) is 4.37. The number of hydrogen-bond acceptors (Lipinski definition) is 4. The van der Waals surface area contributed by atoms with Gasteiger partial charge in [0, 0.05) is 12.1 Å². The molecule has 118 valence electrons. The van der Waals surface area contributed by atoms with Gasteiger partial charge in [-0.15, -0.1) is 0 Å². The zero-order valence-corrected chi connectivity index (χ0v) is 10.7. The maximum absolute atomic E-state index is 13.7. The number of fused-ring (bicyclic) bond motifs is 1. The first-order chi connectivity index (χ1) is 10.8. The van der Waals surface area contributed by atoms with Crippen molar-refractivity contribution in [1.29, 1.82) is 0 Å². The number of rotatable bonds is 2. The number of nitrogens with zero attached hydrogens (tertiary/aromatic N) is 2. The SMILES string of the molecule is O=[N+]([O-])c1ccc2oc(-c3c(F)c(F)c(F)c(F)c3F)nc2c1. The highest BCUT2D eigenvalue weighted by Gasteiger charge is 2.29. The molecule has 0 saturated carbocycles. The van der Waals surface area contributed by atoms with Gasteiger partial charge in [0.25, 0.3) is 5.69 Å². The Kier molecular flexibility index (Phi) is 3.24. The van der Waals surface area contributed by atoms with E-state index in [2.05, 4.69) is 4.98 Å². The molecule has 0 N–H and O–H groups in total. The Balaban J connectivity index is 2.27. The molecule has 0 aliphatic rings. The fourth-order valence-electron chi connectivity index (χ4n) is 1.93. The van der Waals surface area contributed by atoms with Crippen molar-refractivity contribution < 1.29 is 31.3 Å². The summed E-state index contributed by atoms with van der Waals surface area (Å²) in [6.45, 7) is 0. The Bertz CT molecular complexity index is 941. The van der Waals surface area contributed by atoms with E-state index in [0.717, 1.165) is 18.2 Å². The van der Waals surface area contributed by atoms with E-state index in [-0.39, 0.29) is 16.8 Å². The van der Waals surface area contributed by atoms with Gasteiger partial charge in [0.1, 0.15) is 11.1 Å². The minimum absolute atomic E-state index is 0.116. The van der Waals surface area contributed by atoms with Crippen LogP contribution in [0, 0.1) is 39.2 Å². The van der Waals surface area contributed by atoms with Crippen LogP contribution in [-0.2, 0) is 0 Å². The van der Waals surface area contributed by atoms with Crippen molar-refractivity contribution in [2.45, 2.75) is 0 Å². The first-order valence-corrected chi connectivity index (χ1v) is 5.88. The van der Waals surface area contributed by atoms with Gasteiger partial charge in [0.15, 0.2) is 28.9 Å². The quantitative estimate of drug-likeness (QED) is 0.233. The van der Waals surface area contributed by atoms with Crippen LogP contribution in [0.5, 0.6) is 0 Å². The van der Waals surface area contributed by atoms with Crippen LogP contribution in [0.2, 0.25) is 0 Å². The molecule has 0 saturated heterocycles. The molecule has 0 aliphatic carbocycles. The molecule has 0 spiro atoms. The molecule has 10 heteroatoms. The Hall–Kier alpha value is -3.04. The average molecular weight is 330 g/mol. The molecule has 0 aliphatic heterocycles. The van der Waals surface area contributed by atoms with E-state index < -0.39 is 45.5 Å². The summed E-state index contributed by atoms with van der Waals surface area (Å²) in [7, 11) is 0. The lowest BCUT2D eigenvalue weighted by molar-refractivity contribution is -0.384. The molecule has 0 radical (unpaired) electrons. The summed E-state index contributed by atoms with van der Waals surface area (Å²) in [5.74, 6) is -11.7. The van der Waals surface area contributed by atoms with Crippen LogP contribution in [0.25, 0.3) is 22.6 Å². The van der Waals surface area contributed by atoms with Gasteiger partial charge in [-0.2, -0.15) is 0 Å². The van der Waals surface area contributed by atoms with Crippen molar-refractivity contribution >= 4 is 16.8 Å². The van der Waals surface area contributed by atoms with Gasteiger partial charge in [-0.05, 0) is 6.07 Å². The Morgan fingerprint density at radius 3 is 2.09 bits per heavy atom. The van der Waals surface area contributed by atoms with E-state index in [0.29, 0.717) is 0 Å². The van der Waals surface area contributed by atoms with E-state index >= 15 is 0 Å². The van der Waals surface area contributed by atoms with Gasteiger partial charge in [-0.25, -0.2) is 26.9 Å². The van der Waals surface area contributed by atoms with E-state index in [4.69, 9.17) is 4.42 Å². The van der Waals surface area contributed by atoms with Crippen LogP contribution in [0.15, 0.2) is 22.6 Å². The van der Waals surface area contributed by atoms with Crippen molar-refractivity contribution in [3.63, 3.8) is 0 Å². The number of nitro groups is 1. The predicted molar refractivity (Wildman–Crippen MR) is 65.9 cm³/mol. The summed E-state index contributed by atoms with van der Waals surface area (Å²) in [6.07, 6.45) is 0. The molecule has 2 aromatic carbocycles. The highest BCUT2D eigenvalue weighted by molar-refractivity contribution is 5.78. The molecule has 0 amide bonds. The Labute approximate surface area is 123 Å². The van der Waals surface area contributed by atoms with Crippen molar-refractivity contribution in [1.82, 2.24) is 4.98 Å². The molecule has 0 atom stereocenters. The van der Waals surface area contributed by atoms with Gasteiger partial charge in [0.05, 0.1) is 4.92 Å². The molecule has 0 unspecified atom stereocenters. The number of aromatic nitrogens is 1. The van der Waals surface area contributed by atoms with Crippen LogP contribution < -0.4 is 0 Å². The lowest BCUT2D eigenvalue weighted by Crippen LogP contribution is -2.04. The number of oxazole rings is 1. The molecule has 3 aromatic rings. The lowest BCUT2D eigenvalue weighted by Gasteiger charge is -2.04. The third-order valence-corrected chi connectivity index (χ3v) is 3.01. The summed E-state index contributed by atoms with van der Waals surface area (Å²) >= 11 is 0. The van der Waals surface area contributed by atoms with E-state index in [1.165, 1.54) is 0 Å². The largest absolute Gasteiger partial charge is 0.436 e. The summed E-state index contributed by atoms with van der Waals surface area (Å²) in [4.78, 5) is 13.5. The van der Waals surface area contributed by atoms with Crippen LogP contribution in [-0.4, -0.2) is 9.91 Å². The summed E-state index contributed by atoms with van der Waals surface area (Å²) < 4.78 is 71.7. The van der Waals surface area contributed by atoms with E-state index in [1.807, 2.05) is 0 Å². The van der Waals surface area contributed by atoms with Crippen molar-refractivity contribution in [3.05, 3.63) is 57.4 Å².